The van der Waals surface area contributed by atoms with Crippen LogP contribution in [0.25, 0.3) is 0 Å². The molecule has 0 N–H and O–H groups in total. The molecule has 0 radical (unpaired) electrons. The molecule has 0 aliphatic rings. The second kappa shape index (κ2) is 64.3. The lowest BCUT2D eigenvalue weighted by molar-refractivity contribution is -0.167. The van der Waals surface area contributed by atoms with Gasteiger partial charge < -0.3 is 14.2 Å². The molecule has 6 heteroatoms. The molecule has 1 unspecified atom stereocenters. The first-order valence-electron chi connectivity index (χ1n) is 32.0. The largest absolute Gasteiger partial charge is 0.462 e. The van der Waals surface area contributed by atoms with E-state index in [1.807, 2.05) is 0 Å². The van der Waals surface area contributed by atoms with Crippen LogP contribution >= 0.6 is 0 Å². The highest BCUT2D eigenvalue weighted by Gasteiger charge is 2.19. The predicted octanol–water partition coefficient (Wildman–Crippen LogP) is 22.0. The second-order valence-corrected chi connectivity index (χ2v) is 20.9. The summed E-state index contributed by atoms with van der Waals surface area (Å²) in [5.74, 6) is -0.925. The van der Waals surface area contributed by atoms with Crippen molar-refractivity contribution < 1.29 is 28.6 Å². The minimum absolute atomic E-state index is 0.0945. The number of ether oxygens (including phenoxy) is 3. The fourth-order valence-corrected chi connectivity index (χ4v) is 8.62. The summed E-state index contributed by atoms with van der Waals surface area (Å²) >= 11 is 0. The van der Waals surface area contributed by atoms with Crippen molar-refractivity contribution in [1.29, 1.82) is 0 Å². The highest BCUT2D eigenvalue weighted by molar-refractivity contribution is 5.71. The number of esters is 3. The van der Waals surface area contributed by atoms with E-state index in [2.05, 4.69) is 142 Å². The Balaban J connectivity index is 4.44. The quantitative estimate of drug-likeness (QED) is 0.0261. The third kappa shape index (κ3) is 62.5. The number of carbonyl (C=O) groups excluding carboxylic acids is 3. The maximum absolute atomic E-state index is 12.9. The lowest BCUT2D eigenvalue weighted by Crippen LogP contribution is -2.30. The Labute approximate surface area is 475 Å². The molecule has 77 heavy (non-hydrogen) atoms. The highest BCUT2D eigenvalue weighted by Crippen LogP contribution is 2.15. The van der Waals surface area contributed by atoms with Crippen LogP contribution in [0, 0.1) is 0 Å². The van der Waals surface area contributed by atoms with E-state index in [1.54, 1.807) is 0 Å². The average Bonchev–Trinajstić information content (AvgIpc) is 3.43. The smallest absolute Gasteiger partial charge is 0.306 e. The Kier molecular flexibility index (Phi) is 60.8. The van der Waals surface area contributed by atoms with Gasteiger partial charge in [-0.15, -0.1) is 0 Å². The molecule has 0 heterocycles. The Morgan fingerprint density at radius 2 is 0.506 bits per heavy atom. The van der Waals surface area contributed by atoms with E-state index < -0.39 is 6.10 Å². The van der Waals surface area contributed by atoms with Crippen molar-refractivity contribution in [2.75, 3.05) is 13.2 Å². The van der Waals surface area contributed by atoms with Gasteiger partial charge in [-0.3, -0.25) is 14.4 Å². The molecular weight excluding hydrogens is 949 g/mol. The molecule has 0 saturated carbocycles. The zero-order valence-corrected chi connectivity index (χ0v) is 50.2. The van der Waals surface area contributed by atoms with Crippen molar-refractivity contribution in [1.82, 2.24) is 0 Å². The number of hydrogen-bond donors (Lipinski definition) is 0. The monoisotopic (exact) mass is 1070 g/mol. The minimum atomic E-state index is -0.800. The molecular formula is C71H118O6. The van der Waals surface area contributed by atoms with Crippen molar-refractivity contribution in [3.05, 3.63) is 122 Å². The van der Waals surface area contributed by atoms with E-state index in [0.717, 1.165) is 141 Å². The zero-order valence-electron chi connectivity index (χ0n) is 50.2. The Bertz CT molecular complexity index is 1600. The molecule has 0 aliphatic heterocycles. The maximum Gasteiger partial charge on any atom is 0.306 e. The van der Waals surface area contributed by atoms with Crippen molar-refractivity contribution in [2.45, 2.75) is 297 Å². The van der Waals surface area contributed by atoms with Crippen LogP contribution in [-0.2, 0) is 28.6 Å². The Morgan fingerprint density at radius 1 is 0.273 bits per heavy atom. The Hall–Kier alpha value is -4.19. The summed E-state index contributed by atoms with van der Waals surface area (Å²) in [6.07, 6.45) is 89.0. The summed E-state index contributed by atoms with van der Waals surface area (Å²) in [7, 11) is 0. The number of rotatable bonds is 57. The summed E-state index contributed by atoms with van der Waals surface area (Å²) in [5.41, 5.74) is 0. The summed E-state index contributed by atoms with van der Waals surface area (Å²) in [5, 5.41) is 0. The lowest BCUT2D eigenvalue weighted by atomic mass is 10.1. The average molecular weight is 1070 g/mol. The molecule has 0 aromatic rings. The van der Waals surface area contributed by atoms with Crippen LogP contribution in [0.3, 0.4) is 0 Å². The van der Waals surface area contributed by atoms with Crippen molar-refractivity contribution in [3.63, 3.8) is 0 Å². The van der Waals surface area contributed by atoms with Crippen molar-refractivity contribution in [3.8, 4) is 0 Å². The van der Waals surface area contributed by atoms with Gasteiger partial charge in [0.05, 0.1) is 0 Å². The SMILES string of the molecule is CC/C=C\C/C=C\C/C=C\C/C=C\C/C=C\C/C=C\CCCCCCCCC(=O)OCC(COC(=O)CCCCCCC/C=C\CCCCCCCC)OC(=O)CCCCCCCC/C=C\C/C=C\C/C=C\CCCCC. The summed E-state index contributed by atoms with van der Waals surface area (Å²) < 4.78 is 16.9. The molecule has 0 amide bonds. The molecule has 0 bridgehead atoms. The van der Waals surface area contributed by atoms with Gasteiger partial charge in [-0.2, -0.15) is 0 Å². The van der Waals surface area contributed by atoms with Crippen LogP contribution in [0.4, 0.5) is 0 Å². The molecule has 0 fully saturated rings. The second-order valence-electron chi connectivity index (χ2n) is 20.9. The molecule has 0 aliphatic carbocycles. The summed E-state index contributed by atoms with van der Waals surface area (Å²) in [6, 6.07) is 0. The molecule has 6 nitrogen and oxygen atoms in total. The van der Waals surface area contributed by atoms with Crippen LogP contribution in [0.1, 0.15) is 290 Å². The van der Waals surface area contributed by atoms with Crippen LogP contribution in [0.5, 0.6) is 0 Å². The zero-order chi connectivity index (χ0) is 55.7. The van der Waals surface area contributed by atoms with E-state index in [-0.39, 0.29) is 31.1 Å². The summed E-state index contributed by atoms with van der Waals surface area (Å²) in [6.45, 7) is 6.48. The first-order valence-corrected chi connectivity index (χ1v) is 32.0. The van der Waals surface area contributed by atoms with E-state index in [1.165, 1.54) is 109 Å². The molecule has 438 valence electrons. The van der Waals surface area contributed by atoms with E-state index in [9.17, 15) is 14.4 Å². The minimum Gasteiger partial charge on any atom is -0.462 e. The number of carbonyl (C=O) groups is 3. The van der Waals surface area contributed by atoms with Crippen LogP contribution < -0.4 is 0 Å². The normalized spacial score (nSPS) is 12.9. The number of hydrogen-bond acceptors (Lipinski definition) is 6. The third-order valence-corrected chi connectivity index (χ3v) is 13.4. The standard InChI is InChI=1S/C71H118O6/c1-4-7-10-13-16-19-22-25-28-30-32-33-34-35-36-37-39-40-43-46-49-52-55-58-61-64-70(73)76-67-68(66-75-69(72)63-60-57-54-51-48-45-42-27-24-21-18-15-12-9-6-3)77-71(74)65-62-59-56-53-50-47-44-41-38-31-29-26-23-20-17-14-11-8-5-2/h7,10,16-17,19-20,25-29,32-33,35-36,38-42,68H,4-6,8-9,11-15,18,21-24,30-31,34,37,43-67H2,1-3H3/b10-7-,19-16-,20-17-,28-25-,29-26-,33-32-,36-35-,40-39-,41-38-,42-27-. The molecule has 0 aromatic heterocycles. The Morgan fingerprint density at radius 3 is 0.831 bits per heavy atom. The first-order chi connectivity index (χ1) is 38.0. The molecule has 0 rings (SSSR count). The molecule has 1 atom stereocenters. The van der Waals surface area contributed by atoms with Gasteiger partial charge in [0.1, 0.15) is 13.2 Å². The van der Waals surface area contributed by atoms with E-state index in [0.29, 0.717) is 19.3 Å². The van der Waals surface area contributed by atoms with Crippen molar-refractivity contribution >= 4 is 17.9 Å². The molecule has 0 saturated heterocycles. The van der Waals surface area contributed by atoms with E-state index >= 15 is 0 Å². The van der Waals surface area contributed by atoms with Gasteiger partial charge in [0, 0.05) is 19.3 Å². The highest BCUT2D eigenvalue weighted by atomic mass is 16.6. The molecule has 0 spiro atoms. The predicted molar refractivity (Wildman–Crippen MR) is 334 cm³/mol. The van der Waals surface area contributed by atoms with Gasteiger partial charge >= 0.3 is 17.9 Å². The third-order valence-electron chi connectivity index (χ3n) is 13.4. The maximum atomic E-state index is 12.9. The van der Waals surface area contributed by atoms with Gasteiger partial charge in [-0.1, -0.05) is 258 Å². The molecule has 0 aromatic carbocycles. The fourth-order valence-electron chi connectivity index (χ4n) is 8.62. The van der Waals surface area contributed by atoms with Crippen LogP contribution in [0.15, 0.2) is 122 Å². The van der Waals surface area contributed by atoms with Crippen molar-refractivity contribution in [2.24, 2.45) is 0 Å². The summed E-state index contributed by atoms with van der Waals surface area (Å²) in [4.78, 5) is 38.3. The van der Waals surface area contributed by atoms with Gasteiger partial charge in [0.2, 0.25) is 0 Å². The topological polar surface area (TPSA) is 78.9 Å². The first kappa shape index (κ1) is 72.8. The number of allylic oxidation sites excluding steroid dienone is 20. The van der Waals surface area contributed by atoms with E-state index in [4.69, 9.17) is 14.2 Å². The number of unbranched alkanes of at least 4 members (excludes halogenated alkanes) is 26. The van der Waals surface area contributed by atoms with Gasteiger partial charge in [0.25, 0.3) is 0 Å². The fraction of sp³-hybridized carbons (Fsp3) is 0.676. The van der Waals surface area contributed by atoms with Gasteiger partial charge in [-0.25, -0.2) is 0 Å². The van der Waals surface area contributed by atoms with Crippen LogP contribution in [-0.4, -0.2) is 37.2 Å². The van der Waals surface area contributed by atoms with Crippen LogP contribution in [0.2, 0.25) is 0 Å². The van der Waals surface area contributed by atoms with Gasteiger partial charge in [-0.05, 0) is 135 Å². The van der Waals surface area contributed by atoms with Gasteiger partial charge in [0.15, 0.2) is 6.10 Å². The lowest BCUT2D eigenvalue weighted by Gasteiger charge is -2.18.